The maximum Gasteiger partial charge on any atom is 0.184 e. The lowest BCUT2D eigenvalue weighted by atomic mass is 9.92. The molecule has 4 heteroatoms. The van der Waals surface area contributed by atoms with E-state index in [0.717, 1.165) is 0 Å². The predicted molar refractivity (Wildman–Crippen MR) is 76.7 cm³/mol. The smallest absolute Gasteiger partial charge is 0.184 e. The molecule has 0 aliphatic heterocycles. The number of benzene rings is 2. The highest BCUT2D eigenvalue weighted by atomic mass is 19.1. The molecule has 0 heterocycles. The molecule has 0 aliphatic carbocycles. The molecule has 21 heavy (non-hydrogen) atoms. The molecule has 0 aliphatic rings. The fraction of sp³-hybridized carbons (Fsp3) is 0.176. The molecule has 2 rings (SSSR count). The molecule has 1 atom stereocenters. The van der Waals surface area contributed by atoms with Crippen molar-refractivity contribution in [3.63, 3.8) is 0 Å². The van der Waals surface area contributed by atoms with Gasteiger partial charge in [0, 0.05) is 5.56 Å². The summed E-state index contributed by atoms with van der Waals surface area (Å²) in [6, 6.07) is 14.1. The van der Waals surface area contributed by atoms with E-state index in [1.165, 1.54) is 18.2 Å². The van der Waals surface area contributed by atoms with Gasteiger partial charge in [-0.1, -0.05) is 12.1 Å². The van der Waals surface area contributed by atoms with Crippen LogP contribution in [0.2, 0.25) is 0 Å². The van der Waals surface area contributed by atoms with E-state index in [2.05, 4.69) is 0 Å². The van der Waals surface area contributed by atoms with E-state index in [0.29, 0.717) is 23.5 Å². The number of carbonyl (C=O) groups is 1. The van der Waals surface area contributed by atoms with Crippen LogP contribution in [0.15, 0.2) is 48.5 Å². The third-order valence-corrected chi connectivity index (χ3v) is 3.02. The molecule has 0 spiro atoms. The minimum absolute atomic E-state index is 0.355. The third-order valence-electron chi connectivity index (χ3n) is 3.02. The molecule has 2 aromatic carbocycles. The minimum atomic E-state index is -1.02. The maximum absolute atomic E-state index is 13.2. The van der Waals surface area contributed by atoms with Gasteiger partial charge in [0.1, 0.15) is 17.5 Å². The van der Waals surface area contributed by atoms with Crippen molar-refractivity contribution in [2.75, 3.05) is 6.61 Å². The van der Waals surface area contributed by atoms with Gasteiger partial charge in [-0.05, 0) is 48.9 Å². The van der Waals surface area contributed by atoms with Crippen LogP contribution >= 0.6 is 0 Å². The van der Waals surface area contributed by atoms with Crippen LogP contribution in [0, 0.1) is 17.1 Å². The predicted octanol–water partition coefficient (Wildman–Crippen LogP) is 3.71. The van der Waals surface area contributed by atoms with Gasteiger partial charge >= 0.3 is 0 Å². The van der Waals surface area contributed by atoms with E-state index in [9.17, 15) is 14.4 Å². The highest BCUT2D eigenvalue weighted by Gasteiger charge is 2.22. The van der Waals surface area contributed by atoms with Crippen LogP contribution in [0.1, 0.15) is 28.8 Å². The van der Waals surface area contributed by atoms with Crippen LogP contribution in [0.25, 0.3) is 0 Å². The normalized spacial score (nSPS) is 11.5. The molecule has 0 aromatic heterocycles. The van der Waals surface area contributed by atoms with Crippen LogP contribution in [0.3, 0.4) is 0 Å². The number of Topliss-reactive ketones (excluding diaryl/α,β-unsaturated/α-hetero) is 1. The monoisotopic (exact) mass is 283 g/mol. The zero-order chi connectivity index (χ0) is 15.2. The third kappa shape index (κ3) is 3.46. The highest BCUT2D eigenvalue weighted by molar-refractivity contribution is 6.02. The standard InChI is InChI=1S/C17H14FNO2/c1-2-21-15-8-6-12(7-9-15)17(20)16(11-19)13-4-3-5-14(18)10-13/h3-10,16H,2H2,1H3. The first-order valence-electron chi connectivity index (χ1n) is 6.58. The highest BCUT2D eigenvalue weighted by Crippen LogP contribution is 2.22. The Kier molecular flexibility index (Phi) is 4.68. The van der Waals surface area contributed by atoms with Gasteiger partial charge in [0.15, 0.2) is 5.78 Å². The Hall–Kier alpha value is -2.67. The number of rotatable bonds is 5. The fourth-order valence-electron chi connectivity index (χ4n) is 2.02. The second-order valence-electron chi connectivity index (χ2n) is 4.44. The van der Waals surface area contributed by atoms with Crippen molar-refractivity contribution in [1.29, 1.82) is 5.26 Å². The summed E-state index contributed by atoms with van der Waals surface area (Å²) in [5.74, 6) is -1.18. The molecule has 3 nitrogen and oxygen atoms in total. The zero-order valence-corrected chi connectivity index (χ0v) is 11.5. The largest absolute Gasteiger partial charge is 0.494 e. The molecule has 0 N–H and O–H groups in total. The van der Waals surface area contributed by atoms with E-state index >= 15 is 0 Å². The van der Waals surface area contributed by atoms with Gasteiger partial charge in [-0.3, -0.25) is 4.79 Å². The number of hydrogen-bond acceptors (Lipinski definition) is 3. The first kappa shape index (κ1) is 14.7. The summed E-state index contributed by atoms with van der Waals surface area (Å²) < 4.78 is 18.5. The number of nitrogens with zero attached hydrogens (tertiary/aromatic N) is 1. The average molecular weight is 283 g/mol. The van der Waals surface area contributed by atoms with E-state index < -0.39 is 11.7 Å². The summed E-state index contributed by atoms with van der Waals surface area (Å²) in [4.78, 5) is 12.4. The molecule has 0 radical (unpaired) electrons. The molecule has 2 aromatic rings. The Morgan fingerprint density at radius 2 is 2.00 bits per heavy atom. The van der Waals surface area contributed by atoms with Gasteiger partial charge in [0.2, 0.25) is 0 Å². The van der Waals surface area contributed by atoms with Crippen LogP contribution in [-0.2, 0) is 0 Å². The summed E-state index contributed by atoms with van der Waals surface area (Å²) in [6.45, 7) is 2.41. The Morgan fingerprint density at radius 3 is 2.57 bits per heavy atom. The van der Waals surface area contributed by atoms with E-state index in [4.69, 9.17) is 4.74 Å². The lowest BCUT2D eigenvalue weighted by Crippen LogP contribution is -2.11. The van der Waals surface area contributed by atoms with Crippen LogP contribution in [0.5, 0.6) is 5.75 Å². The van der Waals surface area contributed by atoms with Crippen molar-refractivity contribution in [2.45, 2.75) is 12.8 Å². The van der Waals surface area contributed by atoms with Crippen molar-refractivity contribution in [3.8, 4) is 11.8 Å². The lowest BCUT2D eigenvalue weighted by molar-refractivity contribution is 0.0979. The molecule has 0 saturated heterocycles. The summed E-state index contributed by atoms with van der Waals surface area (Å²) in [5, 5.41) is 9.22. The van der Waals surface area contributed by atoms with Crippen molar-refractivity contribution in [3.05, 3.63) is 65.5 Å². The molecule has 1 unspecified atom stereocenters. The molecule has 0 saturated carbocycles. The first-order valence-corrected chi connectivity index (χ1v) is 6.58. The minimum Gasteiger partial charge on any atom is -0.494 e. The number of ketones is 1. The van der Waals surface area contributed by atoms with Crippen LogP contribution in [0.4, 0.5) is 4.39 Å². The summed E-state index contributed by atoms with van der Waals surface area (Å²) >= 11 is 0. The number of ether oxygens (including phenoxy) is 1. The number of hydrogen-bond donors (Lipinski definition) is 0. The van der Waals surface area contributed by atoms with Gasteiger partial charge < -0.3 is 4.74 Å². The molecular formula is C17H14FNO2. The molecule has 106 valence electrons. The van der Waals surface area contributed by atoms with Gasteiger partial charge in [-0.2, -0.15) is 5.26 Å². The van der Waals surface area contributed by atoms with E-state index in [-0.39, 0.29) is 5.78 Å². The van der Waals surface area contributed by atoms with Crippen LogP contribution < -0.4 is 4.74 Å². The van der Waals surface area contributed by atoms with Gasteiger partial charge in [-0.25, -0.2) is 4.39 Å². The zero-order valence-electron chi connectivity index (χ0n) is 11.5. The van der Waals surface area contributed by atoms with Crippen LogP contribution in [-0.4, -0.2) is 12.4 Å². The quantitative estimate of drug-likeness (QED) is 0.786. The lowest BCUT2D eigenvalue weighted by Gasteiger charge is -2.09. The van der Waals surface area contributed by atoms with Gasteiger partial charge in [0.25, 0.3) is 0 Å². The SMILES string of the molecule is CCOc1ccc(C(=O)C(C#N)c2cccc(F)c2)cc1. The summed E-state index contributed by atoms with van der Waals surface area (Å²) in [5.41, 5.74) is 0.755. The number of carbonyl (C=O) groups excluding carboxylic acids is 1. The molecule has 0 bridgehead atoms. The molecule has 0 fully saturated rings. The van der Waals surface area contributed by atoms with E-state index in [1.54, 1.807) is 30.3 Å². The first-order chi connectivity index (χ1) is 10.2. The number of halogens is 1. The van der Waals surface area contributed by atoms with Crippen molar-refractivity contribution >= 4 is 5.78 Å². The van der Waals surface area contributed by atoms with E-state index in [1.807, 2.05) is 13.0 Å². The topological polar surface area (TPSA) is 50.1 Å². The van der Waals surface area contributed by atoms with Gasteiger partial charge in [0.05, 0.1) is 12.7 Å². The summed E-state index contributed by atoms with van der Waals surface area (Å²) in [7, 11) is 0. The summed E-state index contributed by atoms with van der Waals surface area (Å²) in [6.07, 6.45) is 0. The maximum atomic E-state index is 13.2. The second kappa shape index (κ2) is 6.67. The van der Waals surface area contributed by atoms with Crippen molar-refractivity contribution in [2.24, 2.45) is 0 Å². The molecule has 0 amide bonds. The van der Waals surface area contributed by atoms with Crippen molar-refractivity contribution in [1.82, 2.24) is 0 Å². The Bertz CT molecular complexity index is 674. The second-order valence-corrected chi connectivity index (χ2v) is 4.44. The Morgan fingerprint density at radius 1 is 1.29 bits per heavy atom. The average Bonchev–Trinajstić information content (AvgIpc) is 2.49. The Balaban J connectivity index is 2.26. The molecular weight excluding hydrogens is 269 g/mol. The van der Waals surface area contributed by atoms with Gasteiger partial charge in [-0.15, -0.1) is 0 Å². The number of nitriles is 1. The van der Waals surface area contributed by atoms with Crippen molar-refractivity contribution < 1.29 is 13.9 Å². The fourth-order valence-corrected chi connectivity index (χ4v) is 2.02. The Labute approximate surface area is 122 Å².